The molecule has 4 nitrogen and oxygen atoms in total. The number of carbonyl (C=O) groups is 2. The Bertz CT molecular complexity index is 727. The van der Waals surface area contributed by atoms with Crippen LogP contribution in [0.25, 0.3) is 0 Å². The number of methoxy groups -OCH3 is 1. The van der Waals surface area contributed by atoms with Crippen LogP contribution in [0, 0.1) is 0 Å². The standard InChI is InChI=1S/C17H25NO2S.C8H10.CH2O/c1-18-12-4-9-16(18)17(19)21-13-5-7-14-6-3-8-15(20-2)11-10-14;1-2-8-6-4-3-5-7-8;1-2/h3,8,10-11,16H,4-7,9,12-13H2,1-2H3;3-7H,2H2,1H3;1H2. The molecule has 0 radical (unpaired) electrons. The zero-order valence-electron chi connectivity index (χ0n) is 19.2. The maximum atomic E-state index is 12.1. The van der Waals surface area contributed by atoms with Gasteiger partial charge in [0.05, 0.1) is 13.2 Å². The van der Waals surface area contributed by atoms with E-state index in [1.807, 2.05) is 25.0 Å². The van der Waals surface area contributed by atoms with Crippen molar-refractivity contribution in [1.29, 1.82) is 0 Å². The van der Waals surface area contributed by atoms with Gasteiger partial charge in [-0.15, -0.1) is 0 Å². The molecule has 1 aliphatic carbocycles. The van der Waals surface area contributed by atoms with Crippen molar-refractivity contribution < 1.29 is 14.3 Å². The molecule has 0 saturated carbocycles. The van der Waals surface area contributed by atoms with Gasteiger partial charge in [-0.3, -0.25) is 9.69 Å². The SMILES string of the molecule is C=O.CCc1ccccc1.COC1=CC=C(CCCSC(=O)C2CCCN2C)CC=C1. The summed E-state index contributed by atoms with van der Waals surface area (Å²) in [5, 5.41) is 0.353. The van der Waals surface area contributed by atoms with Gasteiger partial charge >= 0.3 is 0 Å². The van der Waals surface area contributed by atoms with E-state index in [0.717, 1.165) is 56.6 Å². The average Bonchev–Trinajstić information content (AvgIpc) is 3.12. The highest BCUT2D eigenvalue weighted by molar-refractivity contribution is 8.13. The Morgan fingerprint density at radius 1 is 1.23 bits per heavy atom. The minimum atomic E-state index is 0.155. The molecule has 1 aromatic carbocycles. The quantitative estimate of drug-likeness (QED) is 0.513. The predicted molar refractivity (Wildman–Crippen MR) is 132 cm³/mol. The van der Waals surface area contributed by atoms with Gasteiger partial charge < -0.3 is 9.53 Å². The van der Waals surface area contributed by atoms with Crippen LogP contribution in [0.15, 0.2) is 66.0 Å². The second-order valence-corrected chi connectivity index (χ2v) is 8.55. The first-order valence-corrected chi connectivity index (χ1v) is 11.9. The average molecular weight is 444 g/mol. The van der Waals surface area contributed by atoms with E-state index in [0.29, 0.717) is 5.12 Å². The van der Waals surface area contributed by atoms with Crippen LogP contribution in [0.3, 0.4) is 0 Å². The minimum absolute atomic E-state index is 0.155. The summed E-state index contributed by atoms with van der Waals surface area (Å²) in [6.45, 7) is 5.22. The highest BCUT2D eigenvalue weighted by Gasteiger charge is 2.27. The van der Waals surface area contributed by atoms with Gasteiger partial charge in [0.15, 0.2) is 0 Å². The highest BCUT2D eigenvalue weighted by atomic mass is 32.2. The maximum absolute atomic E-state index is 12.1. The second-order valence-electron chi connectivity index (χ2n) is 7.45. The highest BCUT2D eigenvalue weighted by Crippen LogP contribution is 2.23. The lowest BCUT2D eigenvalue weighted by Gasteiger charge is -2.17. The Morgan fingerprint density at radius 2 is 1.97 bits per heavy atom. The smallest absolute Gasteiger partial charge is 0.206 e. The number of benzene rings is 1. The third-order valence-electron chi connectivity index (χ3n) is 5.31. The largest absolute Gasteiger partial charge is 0.497 e. The summed E-state index contributed by atoms with van der Waals surface area (Å²) in [4.78, 5) is 22.3. The van der Waals surface area contributed by atoms with Crippen LogP contribution >= 0.6 is 11.8 Å². The molecule has 170 valence electrons. The predicted octanol–water partition coefficient (Wildman–Crippen LogP) is 5.60. The van der Waals surface area contributed by atoms with Crippen LogP contribution in [0.2, 0.25) is 0 Å². The third-order valence-corrected chi connectivity index (χ3v) is 6.36. The van der Waals surface area contributed by atoms with Gasteiger partial charge in [0.1, 0.15) is 12.5 Å². The normalized spacial score (nSPS) is 17.8. The van der Waals surface area contributed by atoms with Crippen molar-refractivity contribution in [2.75, 3.05) is 26.5 Å². The molecule has 1 saturated heterocycles. The molecular weight excluding hydrogens is 406 g/mol. The number of rotatable bonds is 7. The van der Waals surface area contributed by atoms with E-state index in [-0.39, 0.29) is 6.04 Å². The van der Waals surface area contributed by atoms with E-state index in [9.17, 15) is 4.79 Å². The Kier molecular flexibility index (Phi) is 14.4. The molecule has 0 amide bonds. The summed E-state index contributed by atoms with van der Waals surface area (Å²) >= 11 is 1.51. The topological polar surface area (TPSA) is 46.6 Å². The van der Waals surface area contributed by atoms with Crippen LogP contribution in [-0.4, -0.2) is 49.3 Å². The maximum Gasteiger partial charge on any atom is 0.206 e. The number of nitrogens with zero attached hydrogens (tertiary/aromatic N) is 1. The summed E-state index contributed by atoms with van der Waals surface area (Å²) in [5.41, 5.74) is 2.82. The molecule has 1 atom stereocenters. The summed E-state index contributed by atoms with van der Waals surface area (Å²) in [5.74, 6) is 1.82. The number of allylic oxidation sites excluding steroid dienone is 5. The van der Waals surface area contributed by atoms with Gasteiger partial charge in [-0.25, -0.2) is 0 Å². The van der Waals surface area contributed by atoms with Gasteiger partial charge in [0.2, 0.25) is 5.12 Å². The van der Waals surface area contributed by atoms with Crippen molar-refractivity contribution >= 4 is 23.7 Å². The van der Waals surface area contributed by atoms with Crippen molar-refractivity contribution in [3.05, 3.63) is 71.5 Å². The summed E-state index contributed by atoms with van der Waals surface area (Å²) in [7, 11) is 3.75. The molecule has 0 N–H and O–H groups in total. The number of likely N-dealkylation sites (N-methyl/N-ethyl adjacent to an activating group) is 1. The number of hydrogen-bond donors (Lipinski definition) is 0. The van der Waals surface area contributed by atoms with Crippen LogP contribution in [-0.2, 0) is 20.7 Å². The van der Waals surface area contributed by atoms with Crippen molar-refractivity contribution in [1.82, 2.24) is 4.90 Å². The Labute approximate surface area is 192 Å². The fourth-order valence-electron chi connectivity index (χ4n) is 3.46. The fourth-order valence-corrected chi connectivity index (χ4v) is 4.44. The molecule has 1 fully saturated rings. The van der Waals surface area contributed by atoms with Gasteiger partial charge in [-0.05, 0) is 69.8 Å². The van der Waals surface area contributed by atoms with Crippen molar-refractivity contribution in [3.8, 4) is 0 Å². The molecule has 2 aliphatic rings. The molecule has 1 heterocycles. The van der Waals surface area contributed by atoms with E-state index in [4.69, 9.17) is 9.53 Å². The lowest BCUT2D eigenvalue weighted by atomic mass is 10.1. The molecule has 1 unspecified atom stereocenters. The molecule has 31 heavy (non-hydrogen) atoms. The number of carbonyl (C=O) groups excluding carboxylic acids is 2. The molecule has 0 bridgehead atoms. The molecule has 1 aromatic rings. The Balaban J connectivity index is 0.000000400. The number of thioether (sulfide) groups is 1. The molecule has 1 aliphatic heterocycles. The lowest BCUT2D eigenvalue weighted by Crippen LogP contribution is -2.31. The minimum Gasteiger partial charge on any atom is -0.497 e. The van der Waals surface area contributed by atoms with E-state index in [1.165, 1.54) is 22.9 Å². The molecule has 0 aromatic heterocycles. The first kappa shape index (κ1) is 26.9. The fraction of sp³-hybridized carbons (Fsp3) is 0.462. The number of likely N-dealkylation sites (tertiary alicyclic amines) is 1. The van der Waals surface area contributed by atoms with Gasteiger partial charge in [0.25, 0.3) is 0 Å². The first-order valence-electron chi connectivity index (χ1n) is 10.9. The number of aryl methyl sites for hydroxylation is 1. The molecule has 5 heteroatoms. The first-order chi connectivity index (χ1) is 15.1. The van der Waals surface area contributed by atoms with Crippen LogP contribution in [0.1, 0.15) is 44.6 Å². The summed E-state index contributed by atoms with van der Waals surface area (Å²) < 4.78 is 5.22. The zero-order chi connectivity index (χ0) is 22.9. The summed E-state index contributed by atoms with van der Waals surface area (Å²) in [6, 6.07) is 10.6. The van der Waals surface area contributed by atoms with Gasteiger partial charge in [0, 0.05) is 5.75 Å². The van der Waals surface area contributed by atoms with Crippen molar-refractivity contribution in [2.24, 2.45) is 0 Å². The van der Waals surface area contributed by atoms with Gasteiger partial charge in [-0.1, -0.05) is 66.7 Å². The second kappa shape index (κ2) is 16.6. The molecule has 3 rings (SSSR count). The van der Waals surface area contributed by atoms with E-state index >= 15 is 0 Å². The van der Waals surface area contributed by atoms with E-state index in [1.54, 1.807) is 7.11 Å². The van der Waals surface area contributed by atoms with E-state index < -0.39 is 0 Å². The number of hydrogen-bond acceptors (Lipinski definition) is 5. The van der Waals surface area contributed by atoms with Crippen LogP contribution in [0.5, 0.6) is 0 Å². The van der Waals surface area contributed by atoms with Gasteiger partial charge in [-0.2, -0.15) is 0 Å². The zero-order valence-corrected chi connectivity index (χ0v) is 20.0. The van der Waals surface area contributed by atoms with Crippen molar-refractivity contribution in [3.63, 3.8) is 0 Å². The Morgan fingerprint density at radius 3 is 2.55 bits per heavy atom. The van der Waals surface area contributed by atoms with E-state index in [2.05, 4.69) is 55.3 Å². The van der Waals surface area contributed by atoms with Crippen LogP contribution < -0.4 is 0 Å². The summed E-state index contributed by atoms with van der Waals surface area (Å²) in [6.07, 6.45) is 14.7. The van der Waals surface area contributed by atoms with Crippen LogP contribution in [0.4, 0.5) is 0 Å². The molecule has 0 spiro atoms. The third kappa shape index (κ3) is 10.7. The Hall–Kier alpha value is -2.11. The molecular formula is C26H37NO3S. The lowest BCUT2D eigenvalue weighted by molar-refractivity contribution is -0.114. The monoisotopic (exact) mass is 443 g/mol. The number of ether oxygens (including phenoxy) is 1. The van der Waals surface area contributed by atoms with Crippen molar-refractivity contribution in [2.45, 2.75) is 51.5 Å².